The smallest absolute Gasteiger partial charge is 0.229 e. The summed E-state index contributed by atoms with van der Waals surface area (Å²) < 4.78 is 18.7. The molecule has 1 N–H and O–H groups in total. The lowest BCUT2D eigenvalue weighted by Gasteiger charge is -2.08. The zero-order valence-electron chi connectivity index (χ0n) is 10.5. The van der Waals surface area contributed by atoms with E-state index in [2.05, 4.69) is 5.32 Å². The largest absolute Gasteiger partial charge is 0.491 e. The van der Waals surface area contributed by atoms with Crippen molar-refractivity contribution in [2.45, 2.75) is 13.3 Å². The summed E-state index contributed by atoms with van der Waals surface area (Å²) in [4.78, 5) is 12.7. The Hall–Kier alpha value is -1.88. The fourth-order valence-corrected chi connectivity index (χ4v) is 2.33. The third-order valence-electron chi connectivity index (χ3n) is 2.43. The van der Waals surface area contributed by atoms with Gasteiger partial charge >= 0.3 is 0 Å². The van der Waals surface area contributed by atoms with E-state index in [-0.39, 0.29) is 11.7 Å². The number of amides is 1. The lowest BCUT2D eigenvalue weighted by Crippen LogP contribution is -2.13. The van der Waals surface area contributed by atoms with E-state index in [1.54, 1.807) is 13.0 Å². The maximum absolute atomic E-state index is 13.6. The van der Waals surface area contributed by atoms with Gasteiger partial charge in [0.15, 0.2) is 11.6 Å². The van der Waals surface area contributed by atoms with Crippen molar-refractivity contribution in [2.24, 2.45) is 0 Å². The molecule has 0 saturated carbocycles. The number of carbonyl (C=O) groups excluding carboxylic acids is 1. The number of halogens is 1. The molecule has 0 radical (unpaired) electrons. The van der Waals surface area contributed by atoms with Gasteiger partial charge in [-0.3, -0.25) is 4.79 Å². The van der Waals surface area contributed by atoms with Crippen molar-refractivity contribution in [1.82, 2.24) is 0 Å². The molecule has 5 heteroatoms. The molecule has 1 amide bonds. The van der Waals surface area contributed by atoms with Crippen molar-refractivity contribution in [3.05, 3.63) is 46.4 Å². The van der Waals surface area contributed by atoms with Gasteiger partial charge in [0.25, 0.3) is 0 Å². The van der Waals surface area contributed by atoms with Gasteiger partial charge in [0, 0.05) is 16.6 Å². The molecule has 0 saturated heterocycles. The van der Waals surface area contributed by atoms with Crippen LogP contribution in [0.3, 0.4) is 0 Å². The average Bonchev–Trinajstić information content (AvgIpc) is 2.85. The molecule has 0 fully saturated rings. The van der Waals surface area contributed by atoms with Gasteiger partial charge in [-0.2, -0.15) is 0 Å². The number of anilines is 1. The van der Waals surface area contributed by atoms with Crippen LogP contribution in [0.1, 0.15) is 11.8 Å². The SMILES string of the molecule is CCOc1ccc(NC(=O)Cc2cccs2)cc1F. The Labute approximate surface area is 115 Å². The van der Waals surface area contributed by atoms with Crippen LogP contribution in [0.15, 0.2) is 35.7 Å². The van der Waals surface area contributed by atoms with Crippen molar-refractivity contribution in [3.63, 3.8) is 0 Å². The molecule has 0 bridgehead atoms. The summed E-state index contributed by atoms with van der Waals surface area (Å²) in [5, 5.41) is 4.58. The quantitative estimate of drug-likeness (QED) is 0.910. The first-order chi connectivity index (χ1) is 9.19. The van der Waals surface area contributed by atoms with Crippen molar-refractivity contribution in [1.29, 1.82) is 0 Å². The van der Waals surface area contributed by atoms with E-state index in [1.165, 1.54) is 23.5 Å². The van der Waals surface area contributed by atoms with Gasteiger partial charge in [-0.1, -0.05) is 6.07 Å². The van der Waals surface area contributed by atoms with Crippen LogP contribution in [0.25, 0.3) is 0 Å². The van der Waals surface area contributed by atoms with E-state index >= 15 is 0 Å². The highest BCUT2D eigenvalue weighted by Gasteiger charge is 2.08. The standard InChI is InChI=1S/C14H14FNO2S/c1-2-18-13-6-5-10(8-12(13)15)16-14(17)9-11-4-3-7-19-11/h3-8H,2,9H2,1H3,(H,16,17). The molecule has 0 unspecified atom stereocenters. The molecule has 0 aliphatic rings. The topological polar surface area (TPSA) is 38.3 Å². The zero-order valence-corrected chi connectivity index (χ0v) is 11.3. The van der Waals surface area contributed by atoms with Crippen LogP contribution in [0, 0.1) is 5.82 Å². The molecule has 0 aliphatic carbocycles. The van der Waals surface area contributed by atoms with E-state index in [9.17, 15) is 9.18 Å². The van der Waals surface area contributed by atoms with Crippen molar-refractivity contribution < 1.29 is 13.9 Å². The van der Waals surface area contributed by atoms with Gasteiger partial charge in [-0.15, -0.1) is 11.3 Å². The molecule has 1 aromatic heterocycles. The number of carbonyl (C=O) groups is 1. The number of ether oxygens (including phenoxy) is 1. The maximum Gasteiger partial charge on any atom is 0.229 e. The highest BCUT2D eigenvalue weighted by Crippen LogP contribution is 2.21. The van der Waals surface area contributed by atoms with Crippen LogP contribution in [0.5, 0.6) is 5.75 Å². The predicted molar refractivity (Wildman–Crippen MR) is 74.2 cm³/mol. The van der Waals surface area contributed by atoms with Crippen LogP contribution < -0.4 is 10.1 Å². The first-order valence-corrected chi connectivity index (χ1v) is 6.81. The summed E-state index contributed by atoms with van der Waals surface area (Å²) in [6, 6.07) is 8.18. The van der Waals surface area contributed by atoms with Gasteiger partial charge in [0.1, 0.15) is 0 Å². The summed E-state index contributed by atoms with van der Waals surface area (Å²) in [7, 11) is 0. The molecule has 0 spiro atoms. The maximum atomic E-state index is 13.6. The molecule has 0 atom stereocenters. The van der Waals surface area contributed by atoms with Crippen molar-refractivity contribution in [3.8, 4) is 5.75 Å². The Morgan fingerprint density at radius 3 is 2.89 bits per heavy atom. The van der Waals surface area contributed by atoms with E-state index < -0.39 is 5.82 Å². The molecule has 100 valence electrons. The molecule has 2 aromatic rings. The molecule has 1 aromatic carbocycles. The number of rotatable bonds is 5. The van der Waals surface area contributed by atoms with Crippen LogP contribution in [-0.2, 0) is 11.2 Å². The minimum Gasteiger partial charge on any atom is -0.491 e. The number of nitrogens with one attached hydrogen (secondary N) is 1. The lowest BCUT2D eigenvalue weighted by atomic mass is 10.2. The van der Waals surface area contributed by atoms with E-state index in [0.717, 1.165) is 4.88 Å². The van der Waals surface area contributed by atoms with E-state index in [4.69, 9.17) is 4.74 Å². The Kier molecular flexibility index (Phi) is 4.52. The van der Waals surface area contributed by atoms with Gasteiger partial charge < -0.3 is 10.1 Å². The fourth-order valence-electron chi connectivity index (χ4n) is 1.63. The molecule has 0 aliphatic heterocycles. The first-order valence-electron chi connectivity index (χ1n) is 5.93. The second kappa shape index (κ2) is 6.33. The summed E-state index contributed by atoms with van der Waals surface area (Å²) in [5.41, 5.74) is 0.433. The van der Waals surface area contributed by atoms with Gasteiger partial charge in [-0.05, 0) is 30.5 Å². The Balaban J connectivity index is 1.99. The zero-order chi connectivity index (χ0) is 13.7. The Morgan fingerprint density at radius 2 is 2.26 bits per heavy atom. The number of thiophene rings is 1. The molecule has 19 heavy (non-hydrogen) atoms. The van der Waals surface area contributed by atoms with Crippen LogP contribution in [-0.4, -0.2) is 12.5 Å². The van der Waals surface area contributed by atoms with E-state index in [1.807, 2.05) is 17.5 Å². The highest BCUT2D eigenvalue weighted by atomic mass is 32.1. The highest BCUT2D eigenvalue weighted by molar-refractivity contribution is 7.10. The minimum atomic E-state index is -0.476. The molecule has 2 rings (SSSR count). The third kappa shape index (κ3) is 3.79. The number of hydrogen-bond donors (Lipinski definition) is 1. The van der Waals surface area contributed by atoms with E-state index in [0.29, 0.717) is 18.7 Å². The average molecular weight is 279 g/mol. The van der Waals surface area contributed by atoms with Crippen LogP contribution in [0.4, 0.5) is 10.1 Å². The predicted octanol–water partition coefficient (Wildman–Crippen LogP) is 3.47. The van der Waals surface area contributed by atoms with Crippen molar-refractivity contribution in [2.75, 3.05) is 11.9 Å². The fraction of sp³-hybridized carbons (Fsp3) is 0.214. The second-order valence-electron chi connectivity index (χ2n) is 3.88. The Bertz CT molecular complexity index is 555. The lowest BCUT2D eigenvalue weighted by molar-refractivity contribution is -0.115. The van der Waals surface area contributed by atoms with Gasteiger partial charge in [0.2, 0.25) is 5.91 Å². The summed E-state index contributed by atoms with van der Waals surface area (Å²) in [6.45, 7) is 2.19. The van der Waals surface area contributed by atoms with Crippen LogP contribution >= 0.6 is 11.3 Å². The third-order valence-corrected chi connectivity index (χ3v) is 3.31. The summed E-state index contributed by atoms with van der Waals surface area (Å²) in [5.74, 6) is -0.444. The summed E-state index contributed by atoms with van der Waals surface area (Å²) >= 11 is 1.52. The first kappa shape index (κ1) is 13.5. The van der Waals surface area contributed by atoms with Crippen LogP contribution in [0.2, 0.25) is 0 Å². The summed E-state index contributed by atoms with van der Waals surface area (Å²) in [6.07, 6.45) is 0.298. The molecular weight excluding hydrogens is 265 g/mol. The molecule has 1 heterocycles. The second-order valence-corrected chi connectivity index (χ2v) is 4.91. The minimum absolute atomic E-state index is 0.161. The molecule has 3 nitrogen and oxygen atoms in total. The number of hydrogen-bond acceptors (Lipinski definition) is 3. The van der Waals surface area contributed by atoms with Gasteiger partial charge in [-0.25, -0.2) is 4.39 Å². The molecular formula is C14H14FNO2S. The Morgan fingerprint density at radius 1 is 1.42 bits per heavy atom. The monoisotopic (exact) mass is 279 g/mol. The normalized spacial score (nSPS) is 10.2. The number of benzene rings is 1. The van der Waals surface area contributed by atoms with Gasteiger partial charge in [0.05, 0.1) is 13.0 Å². The van der Waals surface area contributed by atoms with Crippen molar-refractivity contribution >= 4 is 22.9 Å².